The Balaban J connectivity index is 2.52. The van der Waals surface area contributed by atoms with Crippen LogP contribution in [0.15, 0.2) is 4.99 Å². The highest BCUT2D eigenvalue weighted by Crippen LogP contribution is 2.31. The summed E-state index contributed by atoms with van der Waals surface area (Å²) >= 11 is 0. The van der Waals surface area contributed by atoms with Crippen LogP contribution < -0.4 is 5.73 Å². The molecule has 3 nitrogen and oxygen atoms in total. The second-order valence-corrected chi connectivity index (χ2v) is 3.11. The van der Waals surface area contributed by atoms with E-state index >= 15 is 0 Å². The van der Waals surface area contributed by atoms with Crippen molar-refractivity contribution in [3.63, 3.8) is 0 Å². The first-order valence-corrected chi connectivity index (χ1v) is 4.09. The molecular formula is C7H15BN2O. The molecule has 0 aromatic rings. The zero-order valence-electron chi connectivity index (χ0n) is 7.05. The molecule has 1 fully saturated rings. The van der Waals surface area contributed by atoms with E-state index in [1.54, 1.807) is 8.05 Å². The SMILES string of the molecule is BOC=NC1(CN)CCCC1. The maximum atomic E-state index is 5.64. The molecule has 0 atom stereocenters. The Bertz CT molecular complexity index is 143. The first-order valence-electron chi connectivity index (χ1n) is 4.09. The lowest BCUT2D eigenvalue weighted by Gasteiger charge is -2.20. The third kappa shape index (κ3) is 1.96. The van der Waals surface area contributed by atoms with Crippen LogP contribution in [-0.2, 0) is 4.65 Å². The monoisotopic (exact) mass is 154 g/mol. The number of aliphatic imine (C=N–C) groups is 1. The summed E-state index contributed by atoms with van der Waals surface area (Å²) in [6.07, 6.45) is 6.24. The summed E-state index contributed by atoms with van der Waals surface area (Å²) in [5, 5.41) is 0. The molecule has 1 aliphatic carbocycles. The van der Waals surface area contributed by atoms with E-state index in [0.717, 1.165) is 12.8 Å². The van der Waals surface area contributed by atoms with Gasteiger partial charge in [-0.05, 0) is 12.8 Å². The predicted octanol–water partition coefficient (Wildman–Crippen LogP) is -0.149. The Hall–Kier alpha value is -0.505. The molecule has 0 aromatic carbocycles. The molecule has 2 N–H and O–H groups in total. The molecule has 1 saturated carbocycles. The summed E-state index contributed by atoms with van der Waals surface area (Å²) < 4.78 is 4.78. The zero-order valence-corrected chi connectivity index (χ0v) is 7.05. The van der Waals surface area contributed by atoms with Crippen LogP contribution in [0.1, 0.15) is 25.7 Å². The number of nitrogens with two attached hydrogens (primary N) is 1. The summed E-state index contributed by atoms with van der Waals surface area (Å²) in [5.41, 5.74) is 5.65. The summed E-state index contributed by atoms with van der Waals surface area (Å²) in [6, 6.07) is 0. The van der Waals surface area contributed by atoms with Gasteiger partial charge in [0.25, 0.3) is 0 Å². The van der Waals surface area contributed by atoms with E-state index in [-0.39, 0.29) is 5.54 Å². The van der Waals surface area contributed by atoms with Crippen LogP contribution in [0, 0.1) is 0 Å². The Morgan fingerprint density at radius 2 is 2.18 bits per heavy atom. The number of hydrogen-bond donors (Lipinski definition) is 1. The van der Waals surface area contributed by atoms with Crippen molar-refractivity contribution < 1.29 is 4.65 Å². The van der Waals surface area contributed by atoms with Crippen molar-refractivity contribution in [1.82, 2.24) is 0 Å². The highest BCUT2D eigenvalue weighted by atomic mass is 16.4. The molecule has 1 rings (SSSR count). The largest absolute Gasteiger partial charge is 0.560 e. The average Bonchev–Trinajstić information content (AvgIpc) is 2.50. The van der Waals surface area contributed by atoms with E-state index in [1.165, 1.54) is 19.2 Å². The minimum Gasteiger partial charge on any atom is -0.560 e. The van der Waals surface area contributed by atoms with Gasteiger partial charge < -0.3 is 10.4 Å². The Morgan fingerprint density at radius 1 is 1.55 bits per heavy atom. The first kappa shape index (κ1) is 8.59. The molecule has 0 amide bonds. The van der Waals surface area contributed by atoms with Gasteiger partial charge in [0.1, 0.15) is 0 Å². The van der Waals surface area contributed by atoms with Crippen LogP contribution in [0.2, 0.25) is 0 Å². The molecule has 0 radical (unpaired) electrons. The molecular weight excluding hydrogens is 139 g/mol. The van der Waals surface area contributed by atoms with Crippen molar-refractivity contribution in [3.05, 3.63) is 0 Å². The van der Waals surface area contributed by atoms with Crippen LogP contribution in [0.25, 0.3) is 0 Å². The molecule has 1 aliphatic rings. The molecule has 62 valence electrons. The van der Waals surface area contributed by atoms with Gasteiger partial charge in [-0.2, -0.15) is 0 Å². The van der Waals surface area contributed by atoms with Crippen LogP contribution in [0.3, 0.4) is 0 Å². The fourth-order valence-electron chi connectivity index (χ4n) is 1.58. The molecule has 0 aromatic heterocycles. The highest BCUT2D eigenvalue weighted by molar-refractivity contribution is 6.02. The minimum atomic E-state index is 0.00993. The lowest BCUT2D eigenvalue weighted by atomic mass is 9.99. The van der Waals surface area contributed by atoms with E-state index < -0.39 is 0 Å². The van der Waals surface area contributed by atoms with Crippen molar-refractivity contribution in [2.45, 2.75) is 31.2 Å². The van der Waals surface area contributed by atoms with Gasteiger partial charge in [-0.15, -0.1) is 0 Å². The fraction of sp³-hybridized carbons (Fsp3) is 0.857. The van der Waals surface area contributed by atoms with Crippen molar-refractivity contribution in [2.24, 2.45) is 10.7 Å². The molecule has 0 saturated heterocycles. The molecule has 0 spiro atoms. The van der Waals surface area contributed by atoms with Crippen LogP contribution in [0.4, 0.5) is 0 Å². The molecule has 0 unspecified atom stereocenters. The van der Waals surface area contributed by atoms with Gasteiger partial charge in [0.2, 0.25) is 0 Å². The van der Waals surface area contributed by atoms with E-state index in [9.17, 15) is 0 Å². The highest BCUT2D eigenvalue weighted by Gasteiger charge is 2.31. The number of rotatable bonds is 3. The average molecular weight is 154 g/mol. The lowest BCUT2D eigenvalue weighted by Crippen LogP contribution is -2.32. The number of hydrogen-bond acceptors (Lipinski definition) is 3. The third-order valence-electron chi connectivity index (χ3n) is 2.35. The summed E-state index contributed by atoms with van der Waals surface area (Å²) in [5.74, 6) is 0. The Morgan fingerprint density at radius 3 is 2.64 bits per heavy atom. The second-order valence-electron chi connectivity index (χ2n) is 3.11. The van der Waals surface area contributed by atoms with Gasteiger partial charge in [-0.3, -0.25) is 4.99 Å². The van der Waals surface area contributed by atoms with Crippen LogP contribution in [-0.4, -0.2) is 26.5 Å². The Labute approximate surface area is 68.5 Å². The van der Waals surface area contributed by atoms with E-state index in [2.05, 4.69) is 4.99 Å². The van der Waals surface area contributed by atoms with Crippen molar-refractivity contribution in [1.29, 1.82) is 0 Å². The van der Waals surface area contributed by atoms with E-state index in [4.69, 9.17) is 10.4 Å². The standard InChI is InChI=1S/C7H15BN2O/c8-11-6-10-7(5-9)3-1-2-4-7/h6H,1-5,8-9H2. The summed E-state index contributed by atoms with van der Waals surface area (Å²) in [7, 11) is 1.61. The predicted molar refractivity (Wildman–Crippen MR) is 48.4 cm³/mol. The van der Waals surface area contributed by atoms with Crippen molar-refractivity contribution in [2.75, 3.05) is 6.54 Å². The fourth-order valence-corrected chi connectivity index (χ4v) is 1.58. The first-order chi connectivity index (χ1) is 5.33. The zero-order chi connectivity index (χ0) is 8.16. The third-order valence-corrected chi connectivity index (χ3v) is 2.35. The van der Waals surface area contributed by atoms with Gasteiger partial charge in [0.05, 0.1) is 5.54 Å². The minimum absolute atomic E-state index is 0.00993. The second kappa shape index (κ2) is 3.76. The normalized spacial score (nSPS) is 22.6. The van der Waals surface area contributed by atoms with Gasteiger partial charge in [0.15, 0.2) is 6.40 Å². The lowest BCUT2D eigenvalue weighted by molar-refractivity contribution is 0.445. The quantitative estimate of drug-likeness (QED) is 0.349. The van der Waals surface area contributed by atoms with Crippen LogP contribution in [0.5, 0.6) is 0 Å². The summed E-state index contributed by atoms with van der Waals surface area (Å²) in [4.78, 5) is 4.32. The Kier molecular flexibility index (Phi) is 2.94. The molecule has 0 aliphatic heterocycles. The van der Waals surface area contributed by atoms with Crippen molar-refractivity contribution in [3.8, 4) is 0 Å². The van der Waals surface area contributed by atoms with Gasteiger partial charge in [-0.25, -0.2) is 0 Å². The van der Waals surface area contributed by atoms with Gasteiger partial charge in [0, 0.05) is 6.54 Å². The maximum Gasteiger partial charge on any atom is 0.323 e. The topological polar surface area (TPSA) is 47.6 Å². The smallest absolute Gasteiger partial charge is 0.323 e. The molecule has 11 heavy (non-hydrogen) atoms. The van der Waals surface area contributed by atoms with E-state index in [1.807, 2.05) is 0 Å². The number of nitrogens with zero attached hydrogens (tertiary/aromatic N) is 1. The van der Waals surface area contributed by atoms with Crippen LogP contribution >= 0.6 is 0 Å². The summed E-state index contributed by atoms with van der Waals surface area (Å²) in [6.45, 7) is 0.646. The molecule has 4 heteroatoms. The van der Waals surface area contributed by atoms with Crippen molar-refractivity contribution >= 4 is 14.4 Å². The maximum absolute atomic E-state index is 5.64. The van der Waals surface area contributed by atoms with E-state index in [0.29, 0.717) is 6.54 Å². The van der Waals surface area contributed by atoms with Gasteiger partial charge >= 0.3 is 8.05 Å². The van der Waals surface area contributed by atoms with Gasteiger partial charge in [-0.1, -0.05) is 12.8 Å². The molecule has 0 bridgehead atoms. The molecule has 0 heterocycles.